The Hall–Kier alpha value is -1.93. The summed E-state index contributed by atoms with van der Waals surface area (Å²) >= 11 is 1.52. The molecule has 124 valence electrons. The molecule has 1 amide bonds. The standard InChI is InChI=1S/C15H20N4O3S/c1-22-10-13(20)18-6-4-11(5-7-18)9-12-16-17-15(21)19(12)14-3-2-8-23-14/h2-3,8,11H,4-7,9-10H2,1H3,(H,17,21). The number of carbonyl (C=O) groups is 1. The quantitative estimate of drug-likeness (QED) is 0.885. The highest BCUT2D eigenvalue weighted by Crippen LogP contribution is 2.22. The predicted octanol–water partition coefficient (Wildman–Crippen LogP) is 1.05. The molecule has 0 bridgehead atoms. The van der Waals surface area contributed by atoms with Gasteiger partial charge in [0.05, 0.1) is 0 Å². The Morgan fingerprint density at radius 1 is 1.48 bits per heavy atom. The van der Waals surface area contributed by atoms with E-state index in [4.69, 9.17) is 4.74 Å². The van der Waals surface area contributed by atoms with Crippen molar-refractivity contribution in [2.45, 2.75) is 19.3 Å². The first-order valence-corrected chi connectivity index (χ1v) is 8.54. The van der Waals surface area contributed by atoms with Crippen molar-refractivity contribution in [1.82, 2.24) is 19.7 Å². The fourth-order valence-corrected chi connectivity index (χ4v) is 3.70. The molecule has 0 unspecified atom stereocenters. The van der Waals surface area contributed by atoms with Gasteiger partial charge in [0.25, 0.3) is 0 Å². The van der Waals surface area contributed by atoms with Gasteiger partial charge in [-0.05, 0) is 36.3 Å². The highest BCUT2D eigenvalue weighted by molar-refractivity contribution is 7.12. The van der Waals surface area contributed by atoms with Gasteiger partial charge in [-0.1, -0.05) is 0 Å². The molecule has 1 aliphatic rings. The highest BCUT2D eigenvalue weighted by Gasteiger charge is 2.24. The van der Waals surface area contributed by atoms with Crippen LogP contribution in [0.5, 0.6) is 0 Å². The van der Waals surface area contributed by atoms with Crippen molar-refractivity contribution in [3.8, 4) is 5.00 Å². The van der Waals surface area contributed by atoms with Gasteiger partial charge in [0.1, 0.15) is 17.4 Å². The smallest absolute Gasteiger partial charge is 0.348 e. The fourth-order valence-electron chi connectivity index (χ4n) is 2.95. The second-order valence-corrected chi connectivity index (χ2v) is 6.62. The molecule has 1 aliphatic heterocycles. The zero-order valence-corrected chi connectivity index (χ0v) is 13.8. The van der Waals surface area contributed by atoms with Crippen molar-refractivity contribution in [3.63, 3.8) is 0 Å². The van der Waals surface area contributed by atoms with E-state index in [-0.39, 0.29) is 18.2 Å². The molecule has 0 saturated carbocycles. The van der Waals surface area contributed by atoms with Gasteiger partial charge in [0, 0.05) is 26.6 Å². The van der Waals surface area contributed by atoms with E-state index in [1.165, 1.54) is 18.4 Å². The van der Waals surface area contributed by atoms with E-state index in [0.29, 0.717) is 5.92 Å². The first-order valence-electron chi connectivity index (χ1n) is 7.66. The Morgan fingerprint density at radius 3 is 2.91 bits per heavy atom. The lowest BCUT2D eigenvalue weighted by atomic mass is 9.93. The average Bonchev–Trinajstić information content (AvgIpc) is 3.18. The number of amides is 1. The summed E-state index contributed by atoms with van der Waals surface area (Å²) in [4.78, 5) is 25.6. The van der Waals surface area contributed by atoms with Gasteiger partial charge < -0.3 is 9.64 Å². The van der Waals surface area contributed by atoms with Gasteiger partial charge in [-0.25, -0.2) is 14.5 Å². The van der Waals surface area contributed by atoms with Gasteiger partial charge in [0.2, 0.25) is 5.91 Å². The Labute approximate surface area is 137 Å². The normalized spacial score (nSPS) is 16.0. The molecular formula is C15H20N4O3S. The molecule has 1 fully saturated rings. The van der Waals surface area contributed by atoms with Crippen LogP contribution in [0, 0.1) is 5.92 Å². The van der Waals surface area contributed by atoms with Crippen LogP contribution in [-0.2, 0) is 16.0 Å². The molecule has 7 nitrogen and oxygen atoms in total. The topological polar surface area (TPSA) is 80.2 Å². The molecule has 1 saturated heterocycles. The van der Waals surface area contributed by atoms with E-state index in [1.807, 2.05) is 22.4 Å². The molecule has 8 heteroatoms. The van der Waals surface area contributed by atoms with Gasteiger partial charge in [-0.2, -0.15) is 5.10 Å². The van der Waals surface area contributed by atoms with Crippen molar-refractivity contribution in [3.05, 3.63) is 33.8 Å². The summed E-state index contributed by atoms with van der Waals surface area (Å²) in [5, 5.41) is 9.55. The molecule has 1 N–H and O–H groups in total. The minimum Gasteiger partial charge on any atom is -0.375 e. The van der Waals surface area contributed by atoms with Gasteiger partial charge in [0.15, 0.2) is 0 Å². The van der Waals surface area contributed by atoms with E-state index in [9.17, 15) is 9.59 Å². The van der Waals surface area contributed by atoms with Gasteiger partial charge in [-0.3, -0.25) is 4.79 Å². The minimum atomic E-state index is -0.199. The highest BCUT2D eigenvalue weighted by atomic mass is 32.1. The lowest BCUT2D eigenvalue weighted by Gasteiger charge is -2.31. The van der Waals surface area contributed by atoms with E-state index < -0.39 is 0 Å². The summed E-state index contributed by atoms with van der Waals surface area (Å²) in [5.41, 5.74) is -0.199. The maximum atomic E-state index is 12.0. The largest absolute Gasteiger partial charge is 0.375 e. The molecule has 2 aromatic heterocycles. The average molecular weight is 336 g/mol. The third-order valence-corrected chi connectivity index (χ3v) is 5.03. The van der Waals surface area contributed by atoms with Crippen LogP contribution in [-0.4, -0.2) is 52.4 Å². The van der Waals surface area contributed by atoms with Crippen LogP contribution in [0.4, 0.5) is 0 Å². The Kier molecular flexibility index (Phi) is 4.92. The van der Waals surface area contributed by atoms with E-state index >= 15 is 0 Å². The molecule has 0 aromatic carbocycles. The van der Waals surface area contributed by atoms with Crippen molar-refractivity contribution >= 4 is 17.2 Å². The second-order valence-electron chi connectivity index (χ2n) is 5.69. The molecule has 0 aliphatic carbocycles. The van der Waals surface area contributed by atoms with Crippen LogP contribution in [0.1, 0.15) is 18.7 Å². The fraction of sp³-hybridized carbons (Fsp3) is 0.533. The SMILES string of the molecule is COCC(=O)N1CCC(Cc2n[nH]c(=O)n2-c2cccs2)CC1. The van der Waals surface area contributed by atoms with Gasteiger partial charge in [-0.15, -0.1) is 11.3 Å². The molecule has 0 atom stereocenters. The summed E-state index contributed by atoms with van der Waals surface area (Å²) in [5.74, 6) is 1.23. The lowest BCUT2D eigenvalue weighted by Crippen LogP contribution is -2.40. The summed E-state index contributed by atoms with van der Waals surface area (Å²) in [6, 6.07) is 3.83. The molecule has 0 spiro atoms. The molecule has 3 rings (SSSR count). The summed E-state index contributed by atoms with van der Waals surface area (Å²) < 4.78 is 6.54. The lowest BCUT2D eigenvalue weighted by molar-refractivity contribution is -0.136. The molecule has 0 radical (unpaired) electrons. The molecule has 23 heavy (non-hydrogen) atoms. The number of ether oxygens (including phenoxy) is 1. The number of likely N-dealkylation sites (tertiary alicyclic amines) is 1. The van der Waals surface area contributed by atoms with Gasteiger partial charge >= 0.3 is 5.69 Å². The Morgan fingerprint density at radius 2 is 2.26 bits per heavy atom. The van der Waals surface area contributed by atoms with Crippen molar-refractivity contribution < 1.29 is 9.53 Å². The number of thiophene rings is 1. The number of H-pyrrole nitrogens is 1. The third kappa shape index (κ3) is 3.53. The number of hydrogen-bond donors (Lipinski definition) is 1. The number of methoxy groups -OCH3 is 1. The predicted molar refractivity (Wildman–Crippen MR) is 86.9 cm³/mol. The number of nitrogens with one attached hydrogen (secondary N) is 1. The number of aromatic nitrogens is 3. The van der Waals surface area contributed by atoms with Crippen LogP contribution in [0.25, 0.3) is 5.00 Å². The maximum Gasteiger partial charge on any atom is 0.348 e. The van der Waals surface area contributed by atoms with E-state index in [0.717, 1.165) is 43.2 Å². The number of aromatic amines is 1. The monoisotopic (exact) mass is 336 g/mol. The summed E-state index contributed by atoms with van der Waals surface area (Å²) in [7, 11) is 1.53. The minimum absolute atomic E-state index is 0.0428. The Balaban J connectivity index is 1.64. The van der Waals surface area contributed by atoms with Crippen LogP contribution >= 0.6 is 11.3 Å². The number of piperidine rings is 1. The molecule has 2 aromatic rings. The van der Waals surface area contributed by atoms with Crippen molar-refractivity contribution in [1.29, 1.82) is 0 Å². The summed E-state index contributed by atoms with van der Waals surface area (Å²) in [6.07, 6.45) is 2.57. The first-order chi connectivity index (χ1) is 11.2. The van der Waals surface area contributed by atoms with Crippen LogP contribution < -0.4 is 5.69 Å². The number of nitrogens with zero attached hydrogens (tertiary/aromatic N) is 3. The molecular weight excluding hydrogens is 316 g/mol. The number of carbonyl (C=O) groups excluding carboxylic acids is 1. The van der Waals surface area contributed by atoms with E-state index in [1.54, 1.807) is 4.57 Å². The third-order valence-electron chi connectivity index (χ3n) is 4.17. The first kappa shape index (κ1) is 15.9. The van der Waals surface area contributed by atoms with Crippen LogP contribution in [0.3, 0.4) is 0 Å². The van der Waals surface area contributed by atoms with Crippen LogP contribution in [0.15, 0.2) is 22.3 Å². The second kappa shape index (κ2) is 7.10. The van der Waals surface area contributed by atoms with Crippen molar-refractivity contribution in [2.75, 3.05) is 26.8 Å². The number of rotatable bonds is 5. The maximum absolute atomic E-state index is 12.0. The number of hydrogen-bond acceptors (Lipinski definition) is 5. The summed E-state index contributed by atoms with van der Waals surface area (Å²) in [6.45, 7) is 1.61. The zero-order chi connectivity index (χ0) is 16.2. The zero-order valence-electron chi connectivity index (χ0n) is 13.0. The molecule has 3 heterocycles. The Bertz CT molecular complexity index is 699. The van der Waals surface area contributed by atoms with E-state index in [2.05, 4.69) is 10.2 Å². The van der Waals surface area contributed by atoms with Crippen LogP contribution in [0.2, 0.25) is 0 Å². The van der Waals surface area contributed by atoms with Crippen molar-refractivity contribution in [2.24, 2.45) is 5.92 Å².